The van der Waals surface area contributed by atoms with E-state index in [-0.39, 0.29) is 11.6 Å². The summed E-state index contributed by atoms with van der Waals surface area (Å²) in [6.45, 7) is 1.41. The molecule has 0 fully saturated rings. The van der Waals surface area contributed by atoms with Crippen molar-refractivity contribution in [3.05, 3.63) is 51.5 Å². The Morgan fingerprint density at radius 1 is 1.18 bits per heavy atom. The summed E-state index contributed by atoms with van der Waals surface area (Å²) in [5.74, 6) is -0.193. The maximum atomic E-state index is 11.1. The lowest BCUT2D eigenvalue weighted by atomic mass is 10.1. The van der Waals surface area contributed by atoms with E-state index in [4.69, 9.17) is 11.6 Å². The van der Waals surface area contributed by atoms with Crippen LogP contribution >= 0.6 is 11.6 Å². The van der Waals surface area contributed by atoms with Crippen molar-refractivity contribution in [1.82, 2.24) is 4.98 Å². The minimum absolute atomic E-state index is 0.0477. The number of halogens is 1. The van der Waals surface area contributed by atoms with Gasteiger partial charge in [-0.2, -0.15) is 0 Å². The Morgan fingerprint density at radius 3 is 2.45 bits per heavy atom. The van der Waals surface area contributed by atoms with Crippen LogP contribution in [0.5, 0.6) is 0 Å². The average molecular weight is 316 g/mol. The lowest BCUT2D eigenvalue weighted by Crippen LogP contribution is -2.05. The summed E-state index contributed by atoms with van der Waals surface area (Å²) >= 11 is 6.37. The van der Waals surface area contributed by atoms with Crippen LogP contribution in [0.2, 0.25) is 5.02 Å². The van der Waals surface area contributed by atoms with Crippen molar-refractivity contribution in [1.29, 1.82) is 0 Å². The van der Waals surface area contributed by atoms with Crippen LogP contribution in [0, 0.1) is 10.1 Å². The number of nitrogens with one attached hydrogen (secondary N) is 1. The van der Waals surface area contributed by atoms with E-state index in [0.29, 0.717) is 27.1 Å². The Balaban J connectivity index is 2.27. The number of hydrogen-bond donors (Lipinski definition) is 1. The molecule has 0 aliphatic heterocycles. The smallest absolute Gasteiger partial charge is 0.271 e. The van der Waals surface area contributed by atoms with E-state index in [1.54, 1.807) is 24.3 Å². The number of aromatic nitrogens is 1. The number of pyridine rings is 1. The summed E-state index contributed by atoms with van der Waals surface area (Å²) in [4.78, 5) is 25.9. The van der Waals surface area contributed by atoms with Crippen molar-refractivity contribution < 1.29 is 9.72 Å². The van der Waals surface area contributed by atoms with Gasteiger partial charge >= 0.3 is 0 Å². The second-order valence-electron chi connectivity index (χ2n) is 4.80. The molecule has 0 aliphatic rings. The Morgan fingerprint density at radius 2 is 1.82 bits per heavy atom. The van der Waals surface area contributed by atoms with Crippen LogP contribution in [0.25, 0.3) is 21.8 Å². The summed E-state index contributed by atoms with van der Waals surface area (Å²) in [5, 5.41) is 15.4. The lowest BCUT2D eigenvalue weighted by Gasteiger charge is -2.08. The van der Waals surface area contributed by atoms with Crippen LogP contribution in [-0.2, 0) is 4.79 Å². The number of carbonyl (C=O) groups excluding carboxylic acids is 1. The SMILES string of the molecule is CC(=O)Nc1ccc2c(Cl)c3ccc([N+](=O)[O-])cc3nc2c1. The number of hydrogen-bond acceptors (Lipinski definition) is 4. The third-order valence-electron chi connectivity index (χ3n) is 3.22. The van der Waals surface area contributed by atoms with Crippen molar-refractivity contribution >= 4 is 50.7 Å². The number of nitro benzene ring substituents is 1. The number of non-ortho nitro benzene ring substituents is 1. The first-order valence-electron chi connectivity index (χ1n) is 6.41. The maximum Gasteiger partial charge on any atom is 0.271 e. The zero-order valence-corrected chi connectivity index (χ0v) is 12.2. The van der Waals surface area contributed by atoms with Gasteiger partial charge in [-0.15, -0.1) is 0 Å². The Hall–Kier alpha value is -2.73. The highest BCUT2D eigenvalue weighted by atomic mass is 35.5. The van der Waals surface area contributed by atoms with Crippen molar-refractivity contribution in [3.8, 4) is 0 Å². The number of nitrogens with zero attached hydrogens (tertiary/aromatic N) is 2. The topological polar surface area (TPSA) is 85.1 Å². The molecule has 110 valence electrons. The summed E-state index contributed by atoms with van der Waals surface area (Å²) < 4.78 is 0. The van der Waals surface area contributed by atoms with Gasteiger partial charge in [0.1, 0.15) is 0 Å². The third kappa shape index (κ3) is 2.44. The van der Waals surface area contributed by atoms with Gasteiger partial charge < -0.3 is 5.32 Å². The number of benzene rings is 2. The van der Waals surface area contributed by atoms with E-state index in [2.05, 4.69) is 10.3 Å². The van der Waals surface area contributed by atoms with Crippen LogP contribution < -0.4 is 5.32 Å². The van der Waals surface area contributed by atoms with Crippen LogP contribution in [0.15, 0.2) is 36.4 Å². The molecular formula is C15H10ClN3O3. The van der Waals surface area contributed by atoms with E-state index < -0.39 is 4.92 Å². The van der Waals surface area contributed by atoms with Gasteiger partial charge in [-0.3, -0.25) is 14.9 Å². The van der Waals surface area contributed by atoms with Crippen LogP contribution in [0.3, 0.4) is 0 Å². The molecular weight excluding hydrogens is 306 g/mol. The second-order valence-corrected chi connectivity index (χ2v) is 5.18. The molecule has 0 bridgehead atoms. The molecule has 0 unspecified atom stereocenters. The molecule has 1 heterocycles. The van der Waals surface area contributed by atoms with Crippen molar-refractivity contribution in [2.45, 2.75) is 6.92 Å². The van der Waals surface area contributed by atoms with E-state index in [1.807, 2.05) is 0 Å². The molecule has 0 spiro atoms. The summed E-state index contributed by atoms with van der Waals surface area (Å²) in [5.41, 5.74) is 1.54. The molecule has 0 saturated carbocycles. The van der Waals surface area contributed by atoms with E-state index in [1.165, 1.54) is 19.1 Å². The number of amides is 1. The maximum absolute atomic E-state index is 11.1. The number of rotatable bonds is 2. The van der Waals surface area contributed by atoms with Gasteiger partial charge in [0.2, 0.25) is 5.91 Å². The fourth-order valence-electron chi connectivity index (χ4n) is 2.28. The Kier molecular flexibility index (Phi) is 3.38. The van der Waals surface area contributed by atoms with E-state index in [0.717, 1.165) is 5.39 Å². The van der Waals surface area contributed by atoms with Gasteiger partial charge in [0.15, 0.2) is 0 Å². The predicted molar refractivity (Wildman–Crippen MR) is 85.2 cm³/mol. The molecule has 22 heavy (non-hydrogen) atoms. The highest BCUT2D eigenvalue weighted by molar-refractivity contribution is 6.40. The first kappa shape index (κ1) is 14.2. The fourth-order valence-corrected chi connectivity index (χ4v) is 2.60. The Labute approximate surface area is 129 Å². The third-order valence-corrected chi connectivity index (χ3v) is 3.63. The highest BCUT2D eigenvalue weighted by Gasteiger charge is 2.12. The summed E-state index contributed by atoms with van der Waals surface area (Å²) in [6.07, 6.45) is 0. The van der Waals surface area contributed by atoms with Gasteiger partial charge in [0, 0.05) is 35.5 Å². The van der Waals surface area contributed by atoms with E-state index in [9.17, 15) is 14.9 Å². The standard InChI is InChI=1S/C15H10ClN3O3/c1-8(20)17-9-2-4-11-13(6-9)18-14-7-10(19(21)22)3-5-12(14)15(11)16/h2-7H,1H3,(H,17,20). The zero-order valence-electron chi connectivity index (χ0n) is 11.5. The first-order chi connectivity index (χ1) is 10.5. The minimum atomic E-state index is -0.479. The van der Waals surface area contributed by atoms with Gasteiger partial charge in [-0.1, -0.05) is 11.6 Å². The second kappa shape index (κ2) is 5.23. The molecule has 3 aromatic rings. The van der Waals surface area contributed by atoms with Crippen molar-refractivity contribution in [2.24, 2.45) is 0 Å². The van der Waals surface area contributed by atoms with Crippen molar-refractivity contribution in [2.75, 3.05) is 5.32 Å². The summed E-state index contributed by atoms with van der Waals surface area (Å²) in [7, 11) is 0. The molecule has 2 aromatic carbocycles. The van der Waals surface area contributed by atoms with E-state index >= 15 is 0 Å². The molecule has 1 N–H and O–H groups in total. The molecule has 1 amide bonds. The minimum Gasteiger partial charge on any atom is -0.326 e. The van der Waals surface area contributed by atoms with Crippen LogP contribution in [0.1, 0.15) is 6.92 Å². The normalized spacial score (nSPS) is 10.8. The molecule has 0 saturated heterocycles. The molecule has 0 atom stereocenters. The van der Waals surface area contributed by atoms with Gasteiger partial charge in [-0.25, -0.2) is 4.98 Å². The Bertz CT molecular complexity index is 940. The number of anilines is 1. The van der Waals surface area contributed by atoms with Crippen LogP contribution in [0.4, 0.5) is 11.4 Å². The molecule has 7 heteroatoms. The molecule has 0 aliphatic carbocycles. The average Bonchev–Trinajstić information content (AvgIpc) is 2.46. The van der Waals surface area contributed by atoms with Gasteiger partial charge in [0.05, 0.1) is 21.0 Å². The first-order valence-corrected chi connectivity index (χ1v) is 6.78. The van der Waals surface area contributed by atoms with Gasteiger partial charge in [0.25, 0.3) is 5.69 Å². The largest absolute Gasteiger partial charge is 0.326 e. The zero-order chi connectivity index (χ0) is 15.9. The fraction of sp³-hybridized carbons (Fsp3) is 0.0667. The number of carbonyl (C=O) groups is 1. The van der Waals surface area contributed by atoms with Crippen LogP contribution in [-0.4, -0.2) is 15.8 Å². The number of fused-ring (bicyclic) bond motifs is 2. The molecule has 0 radical (unpaired) electrons. The lowest BCUT2D eigenvalue weighted by molar-refractivity contribution is -0.384. The molecule has 6 nitrogen and oxygen atoms in total. The highest BCUT2D eigenvalue weighted by Crippen LogP contribution is 2.33. The summed E-state index contributed by atoms with van der Waals surface area (Å²) in [6, 6.07) is 9.54. The van der Waals surface area contributed by atoms with Crippen molar-refractivity contribution in [3.63, 3.8) is 0 Å². The quantitative estimate of drug-likeness (QED) is 0.441. The number of nitro groups is 1. The molecule has 1 aromatic heterocycles. The molecule has 3 rings (SSSR count). The van der Waals surface area contributed by atoms with Gasteiger partial charge in [-0.05, 0) is 24.3 Å². The predicted octanol–water partition coefficient (Wildman–Crippen LogP) is 3.91. The monoisotopic (exact) mass is 315 g/mol.